The molecule has 1 aromatic rings. The maximum absolute atomic E-state index is 5.19. The summed E-state index contributed by atoms with van der Waals surface area (Å²) < 4.78 is 7.22. The van der Waals surface area contributed by atoms with Crippen LogP contribution in [0.2, 0.25) is 0 Å². The second kappa shape index (κ2) is 5.89. The van der Waals surface area contributed by atoms with Crippen molar-refractivity contribution in [2.24, 2.45) is 0 Å². The van der Waals surface area contributed by atoms with Gasteiger partial charge in [-0.2, -0.15) is 5.10 Å². The Balaban J connectivity index is 2.82. The number of nitrogens with one attached hydrogen (secondary N) is 1. The van der Waals surface area contributed by atoms with Crippen LogP contribution < -0.4 is 5.32 Å². The van der Waals surface area contributed by atoms with Gasteiger partial charge in [0.05, 0.1) is 23.7 Å². The van der Waals surface area contributed by atoms with E-state index in [0.29, 0.717) is 6.04 Å². The number of rotatable bonds is 6. The Morgan fingerprint density at radius 2 is 2.06 bits per heavy atom. The van der Waals surface area contributed by atoms with Crippen LogP contribution in [-0.4, -0.2) is 29.5 Å². The summed E-state index contributed by atoms with van der Waals surface area (Å²) >= 11 is 0. The summed E-state index contributed by atoms with van der Waals surface area (Å²) in [4.78, 5) is 0. The van der Waals surface area contributed by atoms with Crippen molar-refractivity contribution in [3.8, 4) is 0 Å². The number of nitrogens with zero attached hydrogens (tertiary/aromatic N) is 2. The van der Waals surface area contributed by atoms with Gasteiger partial charge in [0, 0.05) is 19.7 Å². The number of anilines is 1. The summed E-state index contributed by atoms with van der Waals surface area (Å²) in [5, 5.41) is 8.00. The predicted octanol–water partition coefficient (Wildman–Crippen LogP) is 2.36. The van der Waals surface area contributed by atoms with Crippen LogP contribution in [0.4, 0.5) is 5.69 Å². The summed E-state index contributed by atoms with van der Waals surface area (Å²) in [6.45, 7) is 10.1. The predicted molar refractivity (Wildman–Crippen MR) is 67.0 cm³/mol. The van der Waals surface area contributed by atoms with Crippen LogP contribution in [0.1, 0.15) is 31.7 Å². The van der Waals surface area contributed by atoms with E-state index in [2.05, 4.69) is 31.2 Å². The number of hydrogen-bond acceptors (Lipinski definition) is 3. The second-order valence-corrected chi connectivity index (χ2v) is 4.07. The molecule has 4 heteroatoms. The maximum Gasteiger partial charge on any atom is 0.0828 e. The topological polar surface area (TPSA) is 39.1 Å². The van der Waals surface area contributed by atoms with E-state index in [0.717, 1.165) is 31.0 Å². The largest absolute Gasteiger partial charge is 0.383 e. The van der Waals surface area contributed by atoms with Crippen LogP contribution >= 0.6 is 0 Å². The molecule has 1 rings (SSSR count). The van der Waals surface area contributed by atoms with Gasteiger partial charge in [0.15, 0.2) is 0 Å². The molecule has 0 aliphatic rings. The van der Waals surface area contributed by atoms with Crippen molar-refractivity contribution in [1.29, 1.82) is 0 Å². The molecule has 0 fully saturated rings. The van der Waals surface area contributed by atoms with E-state index >= 15 is 0 Å². The lowest BCUT2D eigenvalue weighted by Crippen LogP contribution is -2.24. The Hall–Kier alpha value is -1.03. The van der Waals surface area contributed by atoms with Crippen molar-refractivity contribution in [1.82, 2.24) is 9.78 Å². The summed E-state index contributed by atoms with van der Waals surface area (Å²) in [6.07, 6.45) is 1.05. The van der Waals surface area contributed by atoms with Gasteiger partial charge in [-0.25, -0.2) is 0 Å². The Bertz CT molecular complexity index is 333. The highest BCUT2D eigenvalue weighted by atomic mass is 16.5. The molecule has 0 spiro atoms. The third-order valence-corrected chi connectivity index (χ3v) is 2.89. The van der Waals surface area contributed by atoms with E-state index in [1.807, 2.05) is 11.6 Å². The number of methoxy groups -OCH3 is 1. The first-order chi connectivity index (χ1) is 7.63. The van der Waals surface area contributed by atoms with E-state index in [9.17, 15) is 0 Å². The van der Waals surface area contributed by atoms with E-state index in [-0.39, 0.29) is 0 Å². The lowest BCUT2D eigenvalue weighted by atomic mass is 10.2. The lowest BCUT2D eigenvalue weighted by molar-refractivity contribution is 0.184. The van der Waals surface area contributed by atoms with Crippen molar-refractivity contribution >= 4 is 5.69 Å². The minimum atomic E-state index is 0.358. The molecule has 1 atom stereocenters. The molecule has 1 aromatic heterocycles. The molecule has 1 heterocycles. The van der Waals surface area contributed by atoms with Gasteiger partial charge in [0.1, 0.15) is 0 Å². The lowest BCUT2D eigenvalue weighted by Gasteiger charge is -2.17. The standard InChI is InChI=1S/C12H23N3O/c1-6-11(8-16-5)13-12-9(3)14-15(7-2)10(12)4/h11,13H,6-8H2,1-5H3. The minimum Gasteiger partial charge on any atom is -0.383 e. The quantitative estimate of drug-likeness (QED) is 0.807. The molecule has 0 aromatic carbocycles. The van der Waals surface area contributed by atoms with Gasteiger partial charge in [-0.3, -0.25) is 4.68 Å². The van der Waals surface area contributed by atoms with E-state index in [1.165, 1.54) is 5.69 Å². The van der Waals surface area contributed by atoms with Crippen LogP contribution in [0.25, 0.3) is 0 Å². The molecule has 0 amide bonds. The molecule has 16 heavy (non-hydrogen) atoms. The Morgan fingerprint density at radius 1 is 1.38 bits per heavy atom. The zero-order chi connectivity index (χ0) is 12.1. The molecule has 0 aliphatic carbocycles. The molecular weight excluding hydrogens is 202 g/mol. The number of ether oxygens (including phenoxy) is 1. The third-order valence-electron chi connectivity index (χ3n) is 2.89. The highest BCUT2D eigenvalue weighted by molar-refractivity contribution is 5.52. The van der Waals surface area contributed by atoms with Crippen LogP contribution in [0.15, 0.2) is 0 Å². The summed E-state index contributed by atoms with van der Waals surface area (Å²) in [7, 11) is 1.74. The van der Waals surface area contributed by atoms with Crippen LogP contribution in [-0.2, 0) is 11.3 Å². The van der Waals surface area contributed by atoms with Gasteiger partial charge in [-0.1, -0.05) is 6.92 Å². The smallest absolute Gasteiger partial charge is 0.0828 e. The van der Waals surface area contributed by atoms with Gasteiger partial charge in [0.2, 0.25) is 0 Å². The van der Waals surface area contributed by atoms with E-state index in [1.54, 1.807) is 7.11 Å². The van der Waals surface area contributed by atoms with E-state index in [4.69, 9.17) is 4.74 Å². The molecular formula is C12H23N3O. The van der Waals surface area contributed by atoms with Gasteiger partial charge in [-0.05, 0) is 27.2 Å². The van der Waals surface area contributed by atoms with Gasteiger partial charge < -0.3 is 10.1 Å². The normalized spacial score (nSPS) is 12.8. The van der Waals surface area contributed by atoms with Crippen molar-refractivity contribution in [3.05, 3.63) is 11.4 Å². The SMILES string of the molecule is CCC(COC)Nc1c(C)nn(CC)c1C. The average Bonchev–Trinajstić information content (AvgIpc) is 2.55. The van der Waals surface area contributed by atoms with Gasteiger partial charge in [-0.15, -0.1) is 0 Å². The molecule has 0 radical (unpaired) electrons. The fourth-order valence-electron chi connectivity index (χ4n) is 1.88. The molecule has 0 saturated carbocycles. The summed E-state index contributed by atoms with van der Waals surface area (Å²) in [5.74, 6) is 0. The fraction of sp³-hybridized carbons (Fsp3) is 0.750. The first-order valence-corrected chi connectivity index (χ1v) is 5.93. The fourth-order valence-corrected chi connectivity index (χ4v) is 1.88. The number of aromatic nitrogens is 2. The van der Waals surface area contributed by atoms with Crippen LogP contribution in [0.3, 0.4) is 0 Å². The first kappa shape index (κ1) is 13.0. The highest BCUT2D eigenvalue weighted by Gasteiger charge is 2.13. The Labute approximate surface area is 98.0 Å². The number of hydrogen-bond donors (Lipinski definition) is 1. The molecule has 4 nitrogen and oxygen atoms in total. The van der Waals surface area contributed by atoms with Crippen LogP contribution in [0.5, 0.6) is 0 Å². The Kier molecular flexibility index (Phi) is 4.80. The first-order valence-electron chi connectivity index (χ1n) is 5.93. The van der Waals surface area contributed by atoms with Crippen molar-refractivity contribution in [2.45, 2.75) is 46.7 Å². The van der Waals surface area contributed by atoms with Gasteiger partial charge in [0.25, 0.3) is 0 Å². The minimum absolute atomic E-state index is 0.358. The molecule has 0 aliphatic heterocycles. The van der Waals surface area contributed by atoms with E-state index < -0.39 is 0 Å². The monoisotopic (exact) mass is 225 g/mol. The molecule has 0 saturated heterocycles. The molecule has 0 bridgehead atoms. The Morgan fingerprint density at radius 3 is 2.50 bits per heavy atom. The van der Waals surface area contributed by atoms with Crippen molar-refractivity contribution < 1.29 is 4.74 Å². The highest BCUT2D eigenvalue weighted by Crippen LogP contribution is 2.20. The third kappa shape index (κ3) is 2.76. The second-order valence-electron chi connectivity index (χ2n) is 4.07. The van der Waals surface area contributed by atoms with Crippen LogP contribution in [0, 0.1) is 13.8 Å². The summed E-state index contributed by atoms with van der Waals surface area (Å²) in [5.41, 5.74) is 3.43. The van der Waals surface area contributed by atoms with Crippen molar-refractivity contribution in [3.63, 3.8) is 0 Å². The average molecular weight is 225 g/mol. The maximum atomic E-state index is 5.19. The molecule has 1 N–H and O–H groups in total. The zero-order valence-electron chi connectivity index (χ0n) is 11.0. The number of aryl methyl sites for hydroxylation is 2. The van der Waals surface area contributed by atoms with Crippen molar-refractivity contribution in [2.75, 3.05) is 19.0 Å². The molecule has 1 unspecified atom stereocenters. The summed E-state index contributed by atoms with van der Waals surface area (Å²) in [6, 6.07) is 0.358. The zero-order valence-corrected chi connectivity index (χ0v) is 11.0. The van der Waals surface area contributed by atoms with Gasteiger partial charge >= 0.3 is 0 Å². The molecule has 92 valence electrons.